The maximum atomic E-state index is 12.2. The number of nitrogens with one attached hydrogen (secondary N) is 1. The van der Waals surface area contributed by atoms with Gasteiger partial charge in [-0.05, 0) is 24.1 Å². The van der Waals surface area contributed by atoms with Crippen LogP contribution in [0.25, 0.3) is 0 Å². The molecule has 0 radical (unpaired) electrons. The minimum absolute atomic E-state index is 0.235. The van der Waals surface area contributed by atoms with E-state index in [1.165, 1.54) is 22.0 Å². The second-order valence-electron chi connectivity index (χ2n) is 5.68. The molecule has 0 fully saturated rings. The molecule has 128 valence electrons. The van der Waals surface area contributed by atoms with Crippen LogP contribution in [0.15, 0.2) is 47.5 Å². The number of amides is 1. The van der Waals surface area contributed by atoms with Crippen molar-refractivity contribution < 1.29 is 4.79 Å². The molecule has 0 saturated carbocycles. The van der Waals surface area contributed by atoms with Crippen LogP contribution in [0.3, 0.4) is 0 Å². The Morgan fingerprint density at radius 1 is 1.36 bits per heavy atom. The molecule has 3 rings (SSSR count). The number of hydrogen-bond acceptors (Lipinski definition) is 4. The van der Waals surface area contributed by atoms with Crippen LogP contribution in [0, 0.1) is 6.92 Å². The highest BCUT2D eigenvalue weighted by molar-refractivity contribution is 7.15. The number of aromatic nitrogens is 2. The van der Waals surface area contributed by atoms with E-state index in [1.54, 1.807) is 25.5 Å². The van der Waals surface area contributed by atoms with Crippen molar-refractivity contribution in [3.8, 4) is 0 Å². The molecular weight excluding hydrogens is 358 g/mol. The molecule has 0 aliphatic heterocycles. The topological polar surface area (TPSA) is 64.0 Å². The molecule has 0 bridgehead atoms. The van der Waals surface area contributed by atoms with E-state index < -0.39 is 0 Å². The molecule has 0 aliphatic carbocycles. The second-order valence-corrected chi connectivity index (χ2v) is 7.17. The third kappa shape index (κ3) is 3.97. The van der Waals surface area contributed by atoms with E-state index in [-0.39, 0.29) is 11.5 Å². The monoisotopic (exact) mass is 373 g/mol. The van der Waals surface area contributed by atoms with Crippen molar-refractivity contribution in [2.75, 3.05) is 5.32 Å². The third-order valence-electron chi connectivity index (χ3n) is 3.78. The Labute approximate surface area is 153 Å². The maximum absolute atomic E-state index is 12.2. The van der Waals surface area contributed by atoms with Gasteiger partial charge in [-0.2, -0.15) is 0 Å². The van der Waals surface area contributed by atoms with Crippen LogP contribution in [-0.2, 0) is 13.5 Å². The average Bonchev–Trinajstić information content (AvgIpc) is 3.01. The van der Waals surface area contributed by atoms with Crippen LogP contribution in [0.4, 0.5) is 5.13 Å². The SMILES string of the molecule is Cc1cccc(Cc2cnc(NC(=O)c3ccn(C)c(=O)c3)s2)c1Cl. The Balaban J connectivity index is 1.73. The number of rotatable bonds is 4. The fourth-order valence-electron chi connectivity index (χ4n) is 2.34. The number of hydrogen-bond donors (Lipinski definition) is 1. The predicted molar refractivity (Wildman–Crippen MR) is 101 cm³/mol. The molecule has 0 unspecified atom stereocenters. The van der Waals surface area contributed by atoms with Crippen LogP contribution < -0.4 is 10.9 Å². The van der Waals surface area contributed by atoms with E-state index in [0.717, 1.165) is 21.0 Å². The van der Waals surface area contributed by atoms with Gasteiger partial charge in [-0.1, -0.05) is 29.8 Å². The second kappa shape index (κ2) is 7.21. The lowest BCUT2D eigenvalue weighted by Crippen LogP contribution is -2.19. The first-order chi connectivity index (χ1) is 11.9. The number of pyridine rings is 1. The Hall–Kier alpha value is -2.44. The molecule has 25 heavy (non-hydrogen) atoms. The van der Waals surface area contributed by atoms with Crippen molar-refractivity contribution in [1.82, 2.24) is 9.55 Å². The first kappa shape index (κ1) is 17.4. The minimum Gasteiger partial charge on any atom is -0.319 e. The molecule has 3 aromatic rings. The standard InChI is InChI=1S/C18H16ClN3O2S/c1-11-4-3-5-12(16(11)19)8-14-10-20-18(25-14)21-17(24)13-6-7-22(2)15(23)9-13/h3-7,9-10H,8H2,1-2H3,(H,20,21,24). The van der Waals surface area contributed by atoms with Crippen molar-refractivity contribution in [2.24, 2.45) is 7.05 Å². The molecular formula is C18H16ClN3O2S. The summed E-state index contributed by atoms with van der Waals surface area (Å²) in [4.78, 5) is 29.1. The van der Waals surface area contributed by atoms with Gasteiger partial charge in [-0.25, -0.2) is 4.98 Å². The molecule has 1 N–H and O–H groups in total. The van der Waals surface area contributed by atoms with Crippen molar-refractivity contribution in [3.63, 3.8) is 0 Å². The largest absolute Gasteiger partial charge is 0.319 e. The van der Waals surface area contributed by atoms with Gasteiger partial charge in [0.05, 0.1) is 0 Å². The summed E-state index contributed by atoms with van der Waals surface area (Å²) in [5.74, 6) is -0.354. The third-order valence-corrected chi connectivity index (χ3v) is 5.23. The summed E-state index contributed by atoms with van der Waals surface area (Å²) < 4.78 is 1.41. The van der Waals surface area contributed by atoms with E-state index in [1.807, 2.05) is 25.1 Å². The number of anilines is 1. The average molecular weight is 374 g/mol. The fraction of sp³-hybridized carbons (Fsp3) is 0.167. The fourth-order valence-corrected chi connectivity index (χ4v) is 3.36. The first-order valence-corrected chi connectivity index (χ1v) is 8.80. The Bertz CT molecular complexity index is 994. The molecule has 1 amide bonds. The van der Waals surface area contributed by atoms with Gasteiger partial charge in [0.15, 0.2) is 5.13 Å². The smallest absolute Gasteiger partial charge is 0.257 e. The van der Waals surface area contributed by atoms with Crippen LogP contribution in [0.1, 0.15) is 26.4 Å². The summed E-state index contributed by atoms with van der Waals surface area (Å²) in [6.07, 6.45) is 3.94. The Kier molecular flexibility index (Phi) is 5.01. The quantitative estimate of drug-likeness (QED) is 0.759. The summed E-state index contributed by atoms with van der Waals surface area (Å²) in [7, 11) is 1.63. The van der Waals surface area contributed by atoms with Crippen LogP contribution in [0.5, 0.6) is 0 Å². The van der Waals surface area contributed by atoms with Crippen molar-refractivity contribution >= 4 is 34.0 Å². The highest BCUT2D eigenvalue weighted by Gasteiger charge is 2.11. The maximum Gasteiger partial charge on any atom is 0.257 e. The van der Waals surface area contributed by atoms with Crippen molar-refractivity contribution in [2.45, 2.75) is 13.3 Å². The van der Waals surface area contributed by atoms with Gasteiger partial charge in [-0.3, -0.25) is 14.9 Å². The zero-order valence-electron chi connectivity index (χ0n) is 13.7. The Morgan fingerprint density at radius 3 is 2.92 bits per heavy atom. The van der Waals surface area contributed by atoms with E-state index in [9.17, 15) is 9.59 Å². The summed E-state index contributed by atoms with van der Waals surface area (Å²) in [5, 5.41) is 3.97. The highest BCUT2D eigenvalue weighted by Crippen LogP contribution is 2.26. The molecule has 1 aromatic carbocycles. The van der Waals surface area contributed by atoms with Crippen LogP contribution in [-0.4, -0.2) is 15.5 Å². The molecule has 0 atom stereocenters. The number of thiazole rings is 1. The summed E-state index contributed by atoms with van der Waals surface area (Å²) in [6, 6.07) is 8.81. The van der Waals surface area contributed by atoms with Crippen molar-refractivity contribution in [3.05, 3.63) is 79.7 Å². The first-order valence-electron chi connectivity index (χ1n) is 7.61. The van der Waals surface area contributed by atoms with Gasteiger partial charge in [0.25, 0.3) is 11.5 Å². The van der Waals surface area contributed by atoms with Gasteiger partial charge in [-0.15, -0.1) is 11.3 Å². The van der Waals surface area contributed by atoms with E-state index in [2.05, 4.69) is 10.3 Å². The Morgan fingerprint density at radius 2 is 2.16 bits per heavy atom. The molecule has 2 aromatic heterocycles. The predicted octanol–water partition coefficient (Wildman–Crippen LogP) is 3.65. The van der Waals surface area contributed by atoms with Crippen LogP contribution in [0.2, 0.25) is 5.02 Å². The highest BCUT2D eigenvalue weighted by atomic mass is 35.5. The molecule has 5 nitrogen and oxygen atoms in total. The lowest BCUT2D eigenvalue weighted by atomic mass is 10.1. The van der Waals surface area contributed by atoms with Gasteiger partial charge < -0.3 is 4.57 Å². The summed E-state index contributed by atoms with van der Waals surface area (Å²) in [5.41, 5.74) is 2.13. The number of aryl methyl sites for hydroxylation is 2. The molecule has 0 aliphatic rings. The van der Waals surface area contributed by atoms with Crippen molar-refractivity contribution in [1.29, 1.82) is 0 Å². The number of carbonyl (C=O) groups is 1. The zero-order chi connectivity index (χ0) is 18.0. The molecule has 7 heteroatoms. The zero-order valence-corrected chi connectivity index (χ0v) is 15.3. The number of halogens is 1. The van der Waals surface area contributed by atoms with Gasteiger partial charge in [0.1, 0.15) is 0 Å². The van der Waals surface area contributed by atoms with Crippen LogP contribution >= 0.6 is 22.9 Å². The summed E-state index contributed by atoms with van der Waals surface area (Å²) in [6.45, 7) is 1.97. The van der Waals surface area contributed by atoms with E-state index >= 15 is 0 Å². The lowest BCUT2D eigenvalue weighted by Gasteiger charge is -2.04. The molecule has 0 spiro atoms. The number of benzene rings is 1. The lowest BCUT2D eigenvalue weighted by molar-refractivity contribution is 0.102. The molecule has 2 heterocycles. The number of nitrogens with zero attached hydrogens (tertiary/aromatic N) is 2. The number of carbonyl (C=O) groups excluding carboxylic acids is 1. The normalized spacial score (nSPS) is 10.7. The van der Waals surface area contributed by atoms with Gasteiger partial charge in [0, 0.05) is 47.4 Å². The van der Waals surface area contributed by atoms with Gasteiger partial charge in [0.2, 0.25) is 0 Å². The molecule has 0 saturated heterocycles. The minimum atomic E-state index is -0.354. The van der Waals surface area contributed by atoms with E-state index in [0.29, 0.717) is 17.1 Å². The van der Waals surface area contributed by atoms with Gasteiger partial charge >= 0.3 is 0 Å². The summed E-state index contributed by atoms with van der Waals surface area (Å²) >= 11 is 7.71. The van der Waals surface area contributed by atoms with E-state index in [4.69, 9.17) is 11.6 Å².